The largest absolute Gasteiger partial charge is 0.453 e. The molecule has 2 atom stereocenters. The van der Waals surface area contributed by atoms with E-state index in [4.69, 9.17) is 13.9 Å². The van der Waals surface area contributed by atoms with E-state index < -0.39 is 12.1 Å². The molecular formula is C35H35N5O5. The number of alkyl carbamates (subject to hydrolysis) is 1. The molecule has 3 aromatic carbocycles. The number of methoxy groups -OCH3 is 1. The first-order chi connectivity index (χ1) is 22.1. The van der Waals surface area contributed by atoms with E-state index in [1.165, 1.54) is 12.8 Å². The summed E-state index contributed by atoms with van der Waals surface area (Å²) in [6.07, 6.45) is 2.80. The number of carbonyl (C=O) groups is 2. The zero-order chi connectivity index (χ0) is 30.8. The lowest BCUT2D eigenvalue weighted by Crippen LogP contribution is -2.42. The van der Waals surface area contributed by atoms with Crippen molar-refractivity contribution in [3.8, 4) is 22.8 Å². The third-order valence-electron chi connectivity index (χ3n) is 8.64. The lowest BCUT2D eigenvalue weighted by Gasteiger charge is -2.29. The highest BCUT2D eigenvalue weighted by molar-refractivity contribution is 5.88. The van der Waals surface area contributed by atoms with Gasteiger partial charge in [-0.2, -0.15) is 0 Å². The average Bonchev–Trinajstić information content (AvgIpc) is 3.87. The number of H-pyrrole nitrogens is 1. The van der Waals surface area contributed by atoms with E-state index in [-0.39, 0.29) is 11.9 Å². The molecule has 0 bridgehead atoms. The fourth-order valence-electron chi connectivity index (χ4n) is 6.30. The molecule has 0 saturated carbocycles. The second-order valence-electron chi connectivity index (χ2n) is 11.4. The Labute approximate surface area is 260 Å². The first kappa shape index (κ1) is 28.7. The van der Waals surface area contributed by atoms with Crippen LogP contribution < -0.4 is 10.2 Å². The van der Waals surface area contributed by atoms with Crippen LogP contribution in [0.4, 0.5) is 10.5 Å². The number of carbonyl (C=O) groups excluding carboxylic acids is 2. The Morgan fingerprint density at radius 1 is 0.978 bits per heavy atom. The second kappa shape index (κ2) is 12.5. The van der Waals surface area contributed by atoms with Gasteiger partial charge in [-0.1, -0.05) is 30.3 Å². The normalized spacial score (nSPS) is 17.4. The molecule has 2 aliphatic heterocycles. The zero-order valence-corrected chi connectivity index (χ0v) is 25.1. The van der Waals surface area contributed by atoms with E-state index in [9.17, 15) is 9.59 Å². The van der Waals surface area contributed by atoms with Crippen molar-refractivity contribution in [2.75, 3.05) is 44.9 Å². The summed E-state index contributed by atoms with van der Waals surface area (Å²) in [6, 6.07) is 24.8. The van der Waals surface area contributed by atoms with Gasteiger partial charge < -0.3 is 34.0 Å². The number of aromatic nitrogens is 2. The SMILES string of the molecule is COC(=O)N[C@@H](C(=O)N1CCC[C@H]1c1cc2cc(-c3ncc(-c4ccc(N5CCOCC5)cc4)o3)ccc2[nH]1)c1ccccc1. The van der Waals surface area contributed by atoms with Gasteiger partial charge >= 0.3 is 6.09 Å². The van der Waals surface area contributed by atoms with E-state index in [1.54, 1.807) is 6.20 Å². The number of hydrogen-bond donors (Lipinski definition) is 2. The Morgan fingerprint density at radius 2 is 1.76 bits per heavy atom. The Bertz CT molecular complexity index is 1790. The molecule has 0 spiro atoms. The molecule has 2 aromatic heterocycles. The minimum Gasteiger partial charge on any atom is -0.453 e. The number of likely N-dealkylation sites (tertiary alicyclic amines) is 1. The van der Waals surface area contributed by atoms with Crippen LogP contribution in [0.1, 0.15) is 36.2 Å². The minimum absolute atomic E-state index is 0.146. The Hall–Kier alpha value is -5.09. The van der Waals surface area contributed by atoms with Crippen molar-refractivity contribution in [1.29, 1.82) is 0 Å². The number of hydrogen-bond acceptors (Lipinski definition) is 7. The van der Waals surface area contributed by atoms with Crippen LogP contribution in [0.25, 0.3) is 33.7 Å². The third kappa shape index (κ3) is 5.88. The van der Waals surface area contributed by atoms with Gasteiger partial charge in [0, 0.05) is 53.0 Å². The van der Waals surface area contributed by atoms with Crippen LogP contribution in [0.5, 0.6) is 0 Å². The maximum Gasteiger partial charge on any atom is 0.407 e. The van der Waals surface area contributed by atoms with E-state index in [0.29, 0.717) is 23.8 Å². The molecule has 10 nitrogen and oxygen atoms in total. The van der Waals surface area contributed by atoms with Crippen LogP contribution in [0.15, 0.2) is 89.5 Å². The fourth-order valence-corrected chi connectivity index (χ4v) is 6.30. The highest BCUT2D eigenvalue weighted by Gasteiger charge is 2.36. The van der Waals surface area contributed by atoms with Crippen molar-refractivity contribution >= 4 is 28.6 Å². The Morgan fingerprint density at radius 3 is 2.53 bits per heavy atom. The molecule has 10 heteroatoms. The molecule has 45 heavy (non-hydrogen) atoms. The molecule has 0 radical (unpaired) electrons. The smallest absolute Gasteiger partial charge is 0.407 e. The standard InChI is InChI=1S/C35H35N5O5/c1-43-35(42)38-32(24-6-3-2-4-7-24)34(41)40-15-5-8-30(40)29-21-26-20-25(11-14-28(26)37-29)33-36-22-31(45-33)23-9-12-27(13-10-23)39-16-18-44-19-17-39/h2-4,6-7,9-14,20-22,30,32,37H,5,8,15-19H2,1H3,(H,38,42)/t30-,32+/m0/s1. The van der Waals surface area contributed by atoms with Gasteiger partial charge in [0.2, 0.25) is 11.8 Å². The number of fused-ring (bicyclic) bond motifs is 1. The number of morpholine rings is 1. The molecule has 7 rings (SSSR count). The number of aromatic amines is 1. The van der Waals surface area contributed by atoms with E-state index >= 15 is 0 Å². The Balaban J connectivity index is 1.10. The summed E-state index contributed by atoms with van der Waals surface area (Å²) in [7, 11) is 1.29. The molecule has 5 aromatic rings. The predicted molar refractivity (Wildman–Crippen MR) is 171 cm³/mol. The molecule has 2 N–H and O–H groups in total. The van der Waals surface area contributed by atoms with Gasteiger partial charge in [0.1, 0.15) is 6.04 Å². The monoisotopic (exact) mass is 605 g/mol. The molecule has 2 saturated heterocycles. The number of anilines is 1. The molecule has 4 heterocycles. The number of nitrogens with zero attached hydrogens (tertiary/aromatic N) is 3. The van der Waals surface area contributed by atoms with Gasteiger partial charge in [-0.25, -0.2) is 9.78 Å². The predicted octanol–water partition coefficient (Wildman–Crippen LogP) is 6.09. The average molecular weight is 606 g/mol. The fraction of sp³-hybridized carbons (Fsp3) is 0.286. The highest BCUT2D eigenvalue weighted by atomic mass is 16.5. The van der Waals surface area contributed by atoms with Gasteiger partial charge in [0.15, 0.2) is 5.76 Å². The summed E-state index contributed by atoms with van der Waals surface area (Å²) in [5.74, 6) is 1.09. The van der Waals surface area contributed by atoms with Crippen LogP contribution >= 0.6 is 0 Å². The van der Waals surface area contributed by atoms with Crippen molar-refractivity contribution in [2.24, 2.45) is 0 Å². The second-order valence-corrected chi connectivity index (χ2v) is 11.4. The quantitative estimate of drug-likeness (QED) is 0.231. The van der Waals surface area contributed by atoms with Crippen LogP contribution in [0.3, 0.4) is 0 Å². The molecule has 0 aliphatic carbocycles. The number of benzene rings is 3. The van der Waals surface area contributed by atoms with Crippen molar-refractivity contribution in [3.05, 3.63) is 96.3 Å². The van der Waals surface area contributed by atoms with Crippen molar-refractivity contribution in [2.45, 2.75) is 24.9 Å². The van der Waals surface area contributed by atoms with Gasteiger partial charge in [-0.05, 0) is 66.9 Å². The third-order valence-corrected chi connectivity index (χ3v) is 8.64. The van der Waals surface area contributed by atoms with Gasteiger partial charge in [0.05, 0.1) is 32.6 Å². The molecule has 2 fully saturated rings. The summed E-state index contributed by atoms with van der Waals surface area (Å²) in [5, 5.41) is 3.73. The van der Waals surface area contributed by atoms with Gasteiger partial charge in [-0.3, -0.25) is 4.79 Å². The summed E-state index contributed by atoms with van der Waals surface area (Å²) >= 11 is 0. The maximum atomic E-state index is 13.9. The van der Waals surface area contributed by atoms with Crippen LogP contribution in [-0.4, -0.2) is 66.8 Å². The summed E-state index contributed by atoms with van der Waals surface area (Å²) in [6.45, 7) is 3.89. The van der Waals surface area contributed by atoms with E-state index in [0.717, 1.165) is 66.9 Å². The molecule has 2 amide bonds. The van der Waals surface area contributed by atoms with E-state index in [1.807, 2.05) is 47.4 Å². The van der Waals surface area contributed by atoms with Crippen LogP contribution in [-0.2, 0) is 14.3 Å². The number of rotatable bonds is 7. The number of amides is 2. The summed E-state index contributed by atoms with van der Waals surface area (Å²) < 4.78 is 16.5. The van der Waals surface area contributed by atoms with Gasteiger partial charge in [0.25, 0.3) is 0 Å². The molecular weight excluding hydrogens is 570 g/mol. The topological polar surface area (TPSA) is 113 Å². The summed E-state index contributed by atoms with van der Waals surface area (Å²) in [5.41, 5.74) is 5.64. The highest BCUT2D eigenvalue weighted by Crippen LogP contribution is 2.36. The lowest BCUT2D eigenvalue weighted by atomic mass is 10.0. The van der Waals surface area contributed by atoms with Crippen molar-refractivity contribution < 1.29 is 23.5 Å². The van der Waals surface area contributed by atoms with Crippen molar-refractivity contribution in [1.82, 2.24) is 20.2 Å². The number of oxazole rings is 1. The molecule has 0 unspecified atom stereocenters. The minimum atomic E-state index is -0.843. The maximum absolute atomic E-state index is 13.9. The van der Waals surface area contributed by atoms with E-state index in [2.05, 4.69) is 56.6 Å². The van der Waals surface area contributed by atoms with Crippen LogP contribution in [0, 0.1) is 0 Å². The van der Waals surface area contributed by atoms with Crippen molar-refractivity contribution in [3.63, 3.8) is 0 Å². The number of ether oxygens (including phenoxy) is 2. The lowest BCUT2D eigenvalue weighted by molar-refractivity contribution is -0.134. The summed E-state index contributed by atoms with van der Waals surface area (Å²) in [4.78, 5) is 38.3. The zero-order valence-electron chi connectivity index (χ0n) is 25.1. The first-order valence-electron chi connectivity index (χ1n) is 15.3. The van der Waals surface area contributed by atoms with Gasteiger partial charge in [-0.15, -0.1) is 0 Å². The van der Waals surface area contributed by atoms with Crippen LogP contribution in [0.2, 0.25) is 0 Å². The first-order valence-corrected chi connectivity index (χ1v) is 15.3. The number of nitrogens with one attached hydrogen (secondary N) is 2. The molecule has 2 aliphatic rings. The Kier molecular flexibility index (Phi) is 7.96. The molecule has 230 valence electrons.